The molecule has 1 fully saturated rings. The van der Waals surface area contributed by atoms with Crippen LogP contribution >= 0.6 is 0 Å². The normalized spacial score (nSPS) is 19.4. The third-order valence-electron chi connectivity index (χ3n) is 4.26. The third kappa shape index (κ3) is 3.47. The molecule has 1 saturated heterocycles. The van der Waals surface area contributed by atoms with Crippen LogP contribution in [-0.2, 0) is 11.2 Å². The van der Waals surface area contributed by atoms with Gasteiger partial charge in [0.1, 0.15) is 13.2 Å². The predicted octanol–water partition coefficient (Wildman–Crippen LogP) is 1.80. The second-order valence-corrected chi connectivity index (χ2v) is 5.68. The molecule has 1 aromatic rings. The van der Waals surface area contributed by atoms with Gasteiger partial charge in [-0.15, -0.1) is 0 Å². The maximum Gasteiger partial charge on any atom is 0.306 e. The lowest BCUT2D eigenvalue weighted by molar-refractivity contribution is -0.143. The lowest BCUT2D eigenvalue weighted by Crippen LogP contribution is -2.37. The van der Waals surface area contributed by atoms with Crippen LogP contribution < -0.4 is 9.47 Å². The largest absolute Gasteiger partial charge is 0.486 e. The topological polar surface area (TPSA) is 59.0 Å². The number of likely N-dealkylation sites (tertiary alicyclic amines) is 1. The molecule has 1 N–H and O–H groups in total. The number of ether oxygens (including phenoxy) is 2. The van der Waals surface area contributed by atoms with E-state index in [1.807, 2.05) is 6.07 Å². The number of nitrogens with zero attached hydrogens (tertiary/aromatic N) is 1. The van der Waals surface area contributed by atoms with Gasteiger partial charge in [0.15, 0.2) is 11.5 Å². The van der Waals surface area contributed by atoms with Crippen molar-refractivity contribution in [1.82, 2.24) is 4.90 Å². The molecule has 5 heteroatoms. The average Bonchev–Trinajstić information content (AvgIpc) is 2.53. The van der Waals surface area contributed by atoms with Crippen LogP contribution in [0.25, 0.3) is 0 Å². The molecule has 0 spiro atoms. The van der Waals surface area contributed by atoms with Crippen molar-refractivity contribution in [1.29, 1.82) is 0 Å². The van der Waals surface area contributed by atoms with E-state index < -0.39 is 5.97 Å². The van der Waals surface area contributed by atoms with Gasteiger partial charge in [-0.3, -0.25) is 4.79 Å². The van der Waals surface area contributed by atoms with Crippen LogP contribution in [0, 0.1) is 5.92 Å². The van der Waals surface area contributed by atoms with Crippen LogP contribution in [0.15, 0.2) is 18.2 Å². The first-order valence-corrected chi connectivity index (χ1v) is 7.56. The van der Waals surface area contributed by atoms with E-state index in [0.29, 0.717) is 13.2 Å². The van der Waals surface area contributed by atoms with Gasteiger partial charge in [-0.2, -0.15) is 0 Å². The van der Waals surface area contributed by atoms with E-state index in [-0.39, 0.29) is 5.92 Å². The Morgan fingerprint density at radius 1 is 1.19 bits per heavy atom. The summed E-state index contributed by atoms with van der Waals surface area (Å²) in [6, 6.07) is 6.11. The lowest BCUT2D eigenvalue weighted by atomic mass is 9.97. The van der Waals surface area contributed by atoms with E-state index in [9.17, 15) is 4.79 Å². The monoisotopic (exact) mass is 291 g/mol. The van der Waals surface area contributed by atoms with Crippen LogP contribution in [0.5, 0.6) is 11.5 Å². The Hall–Kier alpha value is -1.75. The van der Waals surface area contributed by atoms with Gasteiger partial charge in [0.2, 0.25) is 0 Å². The van der Waals surface area contributed by atoms with Crippen LogP contribution in [0.2, 0.25) is 0 Å². The molecule has 3 rings (SSSR count). The van der Waals surface area contributed by atoms with Crippen molar-refractivity contribution in [3.63, 3.8) is 0 Å². The highest BCUT2D eigenvalue weighted by Crippen LogP contribution is 2.31. The molecule has 0 bridgehead atoms. The van der Waals surface area contributed by atoms with Crippen molar-refractivity contribution in [2.75, 3.05) is 32.8 Å². The summed E-state index contributed by atoms with van der Waals surface area (Å²) in [5.74, 6) is 0.854. The van der Waals surface area contributed by atoms with Crippen molar-refractivity contribution in [2.45, 2.75) is 19.3 Å². The number of rotatable bonds is 4. The van der Waals surface area contributed by atoms with E-state index in [2.05, 4.69) is 17.0 Å². The molecule has 0 atom stereocenters. The summed E-state index contributed by atoms with van der Waals surface area (Å²) in [7, 11) is 0. The summed E-state index contributed by atoms with van der Waals surface area (Å²) in [6.45, 7) is 3.94. The standard InChI is InChI=1S/C16H21NO4/c18-16(19)13-4-7-17(8-5-13)6-3-12-1-2-14-15(11-12)21-10-9-20-14/h1-2,11,13H,3-10H2,(H,18,19). The molecule has 2 aliphatic heterocycles. The van der Waals surface area contributed by atoms with Crippen LogP contribution in [0.3, 0.4) is 0 Å². The minimum absolute atomic E-state index is 0.157. The molecule has 21 heavy (non-hydrogen) atoms. The Bertz CT molecular complexity index is 509. The molecule has 2 aliphatic rings. The van der Waals surface area contributed by atoms with Crippen molar-refractivity contribution in [2.24, 2.45) is 5.92 Å². The lowest BCUT2D eigenvalue weighted by Gasteiger charge is -2.30. The van der Waals surface area contributed by atoms with Crippen molar-refractivity contribution in [3.05, 3.63) is 23.8 Å². The Morgan fingerprint density at radius 3 is 2.62 bits per heavy atom. The Labute approximate surface area is 124 Å². The second kappa shape index (κ2) is 6.35. The number of carboxylic acids is 1. The zero-order valence-corrected chi connectivity index (χ0v) is 12.1. The summed E-state index contributed by atoms with van der Waals surface area (Å²) in [5.41, 5.74) is 1.24. The fraction of sp³-hybridized carbons (Fsp3) is 0.562. The number of carboxylic acid groups (broad SMARTS) is 1. The van der Waals surface area contributed by atoms with Crippen molar-refractivity contribution < 1.29 is 19.4 Å². The number of piperidine rings is 1. The Morgan fingerprint density at radius 2 is 1.90 bits per heavy atom. The quantitative estimate of drug-likeness (QED) is 0.916. The van der Waals surface area contributed by atoms with E-state index >= 15 is 0 Å². The zero-order chi connectivity index (χ0) is 14.7. The molecule has 0 saturated carbocycles. The molecule has 2 heterocycles. The Balaban J connectivity index is 1.50. The average molecular weight is 291 g/mol. The molecule has 5 nitrogen and oxygen atoms in total. The predicted molar refractivity (Wildman–Crippen MR) is 77.9 cm³/mol. The molecule has 1 aromatic carbocycles. The molecular formula is C16H21NO4. The molecule has 0 radical (unpaired) electrons. The van der Waals surface area contributed by atoms with E-state index in [4.69, 9.17) is 14.6 Å². The molecule has 0 aromatic heterocycles. The highest BCUT2D eigenvalue weighted by atomic mass is 16.6. The summed E-state index contributed by atoms with van der Waals surface area (Å²) in [6.07, 6.45) is 2.47. The summed E-state index contributed by atoms with van der Waals surface area (Å²) >= 11 is 0. The van der Waals surface area contributed by atoms with Crippen molar-refractivity contribution >= 4 is 5.97 Å². The van der Waals surface area contributed by atoms with Gasteiger partial charge in [-0.1, -0.05) is 6.07 Å². The minimum Gasteiger partial charge on any atom is -0.486 e. The first kappa shape index (κ1) is 14.2. The zero-order valence-electron chi connectivity index (χ0n) is 12.1. The first-order valence-electron chi connectivity index (χ1n) is 7.56. The number of benzene rings is 1. The fourth-order valence-electron chi connectivity index (χ4n) is 2.93. The van der Waals surface area contributed by atoms with E-state index in [1.54, 1.807) is 0 Å². The summed E-state index contributed by atoms with van der Waals surface area (Å²) < 4.78 is 11.1. The van der Waals surface area contributed by atoms with Gasteiger partial charge in [-0.25, -0.2) is 0 Å². The van der Waals surface area contributed by atoms with Gasteiger partial charge in [0, 0.05) is 6.54 Å². The van der Waals surface area contributed by atoms with Crippen molar-refractivity contribution in [3.8, 4) is 11.5 Å². The Kier molecular flexibility index (Phi) is 4.29. The fourth-order valence-corrected chi connectivity index (χ4v) is 2.93. The van der Waals surface area contributed by atoms with Gasteiger partial charge < -0.3 is 19.5 Å². The smallest absolute Gasteiger partial charge is 0.306 e. The molecule has 114 valence electrons. The maximum absolute atomic E-state index is 10.9. The molecule has 0 aliphatic carbocycles. The summed E-state index contributed by atoms with van der Waals surface area (Å²) in [4.78, 5) is 13.3. The number of aliphatic carboxylic acids is 1. The van der Waals surface area contributed by atoms with Gasteiger partial charge in [-0.05, 0) is 50.0 Å². The highest BCUT2D eigenvalue weighted by molar-refractivity contribution is 5.70. The minimum atomic E-state index is -0.651. The highest BCUT2D eigenvalue weighted by Gasteiger charge is 2.24. The van der Waals surface area contributed by atoms with Crippen LogP contribution in [-0.4, -0.2) is 48.8 Å². The maximum atomic E-state index is 10.9. The molecular weight excluding hydrogens is 270 g/mol. The van der Waals surface area contributed by atoms with Gasteiger partial charge in [0.05, 0.1) is 5.92 Å². The third-order valence-corrected chi connectivity index (χ3v) is 4.26. The first-order chi connectivity index (χ1) is 10.2. The number of hydrogen-bond acceptors (Lipinski definition) is 4. The second-order valence-electron chi connectivity index (χ2n) is 5.68. The van der Waals surface area contributed by atoms with Gasteiger partial charge >= 0.3 is 5.97 Å². The van der Waals surface area contributed by atoms with E-state index in [0.717, 1.165) is 50.4 Å². The number of carbonyl (C=O) groups is 1. The van der Waals surface area contributed by atoms with Crippen LogP contribution in [0.4, 0.5) is 0 Å². The van der Waals surface area contributed by atoms with E-state index in [1.165, 1.54) is 5.56 Å². The SMILES string of the molecule is O=C(O)C1CCN(CCc2ccc3c(c2)OCCO3)CC1. The number of hydrogen-bond donors (Lipinski definition) is 1. The van der Waals surface area contributed by atoms with Gasteiger partial charge in [0.25, 0.3) is 0 Å². The number of fused-ring (bicyclic) bond motifs is 1. The summed E-state index contributed by atoms with van der Waals surface area (Å²) in [5, 5.41) is 9.00. The molecule has 0 amide bonds. The molecule has 0 unspecified atom stereocenters. The van der Waals surface area contributed by atoms with Crippen LogP contribution in [0.1, 0.15) is 18.4 Å².